The lowest BCUT2D eigenvalue weighted by atomic mass is 10.0. The number of anilines is 3. The number of halogens is 11. The maximum atomic E-state index is 14.9. The van der Waals surface area contributed by atoms with E-state index in [9.17, 15) is 60.3 Å². The normalized spacial score (nSPS) is 14.7. The lowest BCUT2D eigenvalue weighted by Crippen LogP contribution is -2.59. The van der Waals surface area contributed by atoms with Crippen LogP contribution in [0.25, 0.3) is 33.4 Å². The minimum absolute atomic E-state index is 0.0144. The first-order valence-electron chi connectivity index (χ1n) is 45.4. The van der Waals surface area contributed by atoms with Crippen LogP contribution >= 0.6 is 69.6 Å². The Kier molecular flexibility index (Phi) is 42.4. The first kappa shape index (κ1) is 118. The number of nitrogen functional groups attached to an aromatic ring is 1. The van der Waals surface area contributed by atoms with E-state index < -0.39 is 91.5 Å². The van der Waals surface area contributed by atoms with Crippen LogP contribution in [0.3, 0.4) is 0 Å². The molecule has 48 heteroatoms. The van der Waals surface area contributed by atoms with Crippen molar-refractivity contribution >= 4 is 147 Å². The summed E-state index contributed by atoms with van der Waals surface area (Å²) in [6, 6.07) is 8.90. The second-order valence-electron chi connectivity index (χ2n) is 37.6. The van der Waals surface area contributed by atoms with Gasteiger partial charge >= 0.3 is 37.3 Å². The molecule has 771 valence electrons. The van der Waals surface area contributed by atoms with Crippen molar-refractivity contribution in [1.82, 2.24) is 99.3 Å². The number of benzene rings is 1. The number of nitrogens with one attached hydrogen (secondary N) is 4. The van der Waals surface area contributed by atoms with E-state index in [2.05, 4.69) is 125 Å². The Hall–Kier alpha value is -12.1. The van der Waals surface area contributed by atoms with Gasteiger partial charge in [-0.15, -0.1) is 0 Å². The van der Waals surface area contributed by atoms with Crippen molar-refractivity contribution in [3.63, 3.8) is 0 Å². The van der Waals surface area contributed by atoms with E-state index in [-0.39, 0.29) is 120 Å². The van der Waals surface area contributed by atoms with Crippen molar-refractivity contribution < 1.29 is 65.1 Å². The van der Waals surface area contributed by atoms with Crippen LogP contribution in [0.4, 0.5) is 53.5 Å². The van der Waals surface area contributed by atoms with Crippen LogP contribution in [0.15, 0.2) is 88.2 Å². The number of carbonyl (C=O) groups is 5. The number of aromatic amines is 1. The van der Waals surface area contributed by atoms with E-state index in [0.29, 0.717) is 95.3 Å². The Morgan fingerprint density at radius 3 is 1.29 bits per heavy atom. The number of piperazine rings is 2. The van der Waals surface area contributed by atoms with Gasteiger partial charge in [-0.3, -0.25) is 24.7 Å². The predicted molar refractivity (Wildman–Crippen MR) is 543 cm³/mol. The van der Waals surface area contributed by atoms with Gasteiger partial charge in [-0.1, -0.05) is 193 Å². The fourth-order valence-corrected chi connectivity index (χ4v) is 15.4. The maximum absolute atomic E-state index is 14.9. The molecule has 2 aliphatic rings. The molecule has 2 aliphatic heterocycles. The van der Waals surface area contributed by atoms with Crippen molar-refractivity contribution in [2.75, 3.05) is 42.1 Å². The summed E-state index contributed by atoms with van der Waals surface area (Å²) in [5.41, 5.74) is 15.1. The zero-order chi connectivity index (χ0) is 107. The molecule has 10 aromatic heterocycles. The van der Waals surface area contributed by atoms with Crippen molar-refractivity contribution in [2.24, 2.45) is 5.73 Å². The number of pyridine rings is 4. The second kappa shape index (κ2) is 51.4. The number of aromatic nitrogens is 16. The average molecular weight is 2110 g/mol. The van der Waals surface area contributed by atoms with Gasteiger partial charge in [0.2, 0.25) is 0 Å². The molecule has 13 rings (SSSR count). The number of urea groups is 1. The highest BCUT2D eigenvalue weighted by Crippen LogP contribution is 2.38. The van der Waals surface area contributed by atoms with Crippen LogP contribution in [0.2, 0.25) is 30.9 Å². The summed E-state index contributed by atoms with van der Waals surface area (Å²) in [4.78, 5) is 160. The highest BCUT2D eigenvalue weighted by molar-refractivity contribution is 6.35. The number of amides is 6. The molecular formula is C95H119BCl6F5N24O12. The lowest BCUT2D eigenvalue weighted by molar-refractivity contribution is 0.0101. The number of nitrogens with two attached hydrogens (primary N) is 2. The summed E-state index contributed by atoms with van der Waals surface area (Å²) >= 11 is 34.0. The zero-order valence-corrected chi connectivity index (χ0v) is 88.6. The summed E-state index contributed by atoms with van der Waals surface area (Å²) in [6.07, 6.45) is 5.33. The summed E-state index contributed by atoms with van der Waals surface area (Å²) in [5.74, 6) is -4.69. The number of hydrogen-bond donors (Lipinski definition) is 7. The minimum Gasteiger partial charge on any atom is -0.535 e. The van der Waals surface area contributed by atoms with Gasteiger partial charge in [-0.05, 0) is 153 Å². The maximum Gasteiger partial charge on any atom is 0.569 e. The SMILES string of the molecule is CC(C)c1ncnc(C(C)C)c1-n1c(=O)[nH]c(=O)c2cc(F)c(Cl)nc21.CC(C)c1ncnc(C(C)C)c1-n1c(=O)nc(N2C[C@@H](C)N(C(=O)OC(C)(C)C)C[C@@H]2C)c2cc(F)c(Cl)nc21.CC(C)c1ncnc(C(C)C)c1N.CC(C)c1ncnc(C(C)C)c1NC(=O)NC(=O)c1cc(F)c(Cl)nc1Cl.C[C@@H]1CN[C@@H](C)CN1C(=O)OC(C)(C)C.NC(=O)c1cc(F)c(Cl)nc1Cl.O[B]Oc1ccccc1F. The first-order valence-corrected chi connectivity index (χ1v) is 47.7. The fraction of sp³-hybridized carbons (Fsp3) is 0.463. The predicted octanol–water partition coefficient (Wildman–Crippen LogP) is 19.1. The minimum atomic E-state index is -0.924. The highest BCUT2D eigenvalue weighted by Gasteiger charge is 2.39. The third-order valence-electron chi connectivity index (χ3n) is 21.0. The molecule has 0 spiro atoms. The molecule has 4 atom stereocenters. The summed E-state index contributed by atoms with van der Waals surface area (Å²) in [5, 5.41) is 14.2. The van der Waals surface area contributed by atoms with Gasteiger partial charge in [0.15, 0.2) is 61.0 Å². The number of hydrogen-bond acceptors (Lipinski definition) is 28. The van der Waals surface area contributed by atoms with Crippen LogP contribution in [0, 0.1) is 29.1 Å². The summed E-state index contributed by atoms with van der Waals surface area (Å²) < 4.78 is 85.3. The van der Waals surface area contributed by atoms with Crippen molar-refractivity contribution in [2.45, 2.75) is 263 Å². The van der Waals surface area contributed by atoms with Crippen LogP contribution in [0.5, 0.6) is 5.75 Å². The Morgan fingerprint density at radius 1 is 0.483 bits per heavy atom. The molecule has 0 unspecified atom stereocenters. The Morgan fingerprint density at radius 2 is 0.867 bits per heavy atom. The van der Waals surface area contributed by atoms with E-state index in [1.165, 1.54) is 46.3 Å². The number of H-pyrrole nitrogens is 1. The molecule has 2 saturated heterocycles. The van der Waals surface area contributed by atoms with Crippen molar-refractivity contribution in [1.29, 1.82) is 0 Å². The number of fused-ring (bicyclic) bond motifs is 2. The molecule has 12 heterocycles. The molecule has 1 radical (unpaired) electrons. The van der Waals surface area contributed by atoms with Gasteiger partial charge in [-0.25, -0.2) is 115 Å². The van der Waals surface area contributed by atoms with Crippen LogP contribution < -0.4 is 53.9 Å². The number of carbonyl (C=O) groups excluding carboxylic acids is 5. The standard InChI is InChI=1S/C28H37ClFN7O3.C17H18Cl2FN5O2.C17H17ClFN5O2.C11H22N2O2.C10H17N3.C6H5BFO2.C6H3Cl2FN2O/c1-14(2)20-22(21(15(3)4)32-13-31-20)37-25-18(10-19(30)23(29)33-25)24(34-26(37)38)35-11-17(6)36(12-16(35)5)27(39)40-28(7,8)9;1-7(2)11-13(12(8(3)4)22-6-21-11)23-17(27)25-16(26)9-5-10(20)15(19)24-14(9)18;1-7(2)11-13(12(8(3)4)21-6-20-11)24-15-9(16(25)23-17(24)26)5-10(19)14(18)22-15;1-8-7-13(9(2)6-12-8)10(14)15-11(3,4)5;1-6(2)9-8(11)10(7(3)4)13-5-12-9;8-5-3-1-2-4-6(5)10-7-9;7-4-2(6(10)12)1-3(9)5(8)11-4/h10,13-17H,11-12H2,1-9H3;5-8H,1-4H3,(H2,23,25,26,27);5-8H,1-4H3,(H,23,25,26);8-9,12H,6-7H2,1-5H3;5-7H,11H2,1-4H3;1-4,9H;1H,(H2,10,12)/t16-,17+;;;8-,9+;;;/m0..0.../s1. The third-order valence-corrected chi connectivity index (χ3v) is 22.7. The van der Waals surface area contributed by atoms with Gasteiger partial charge in [0.25, 0.3) is 17.4 Å². The molecule has 0 saturated carbocycles. The molecule has 0 bridgehead atoms. The second-order valence-corrected chi connectivity index (χ2v) is 39.8. The monoisotopic (exact) mass is 2100 g/mol. The highest BCUT2D eigenvalue weighted by atomic mass is 35.5. The van der Waals surface area contributed by atoms with Gasteiger partial charge in [-0.2, -0.15) is 4.98 Å². The Bertz CT molecular complexity index is 6490. The smallest absolute Gasteiger partial charge is 0.535 e. The summed E-state index contributed by atoms with van der Waals surface area (Å²) in [7, 11) is 0.443. The van der Waals surface area contributed by atoms with Gasteiger partial charge < -0.3 is 56.0 Å². The van der Waals surface area contributed by atoms with Gasteiger partial charge in [0.05, 0.1) is 90.2 Å². The van der Waals surface area contributed by atoms with Crippen molar-refractivity contribution in [3.8, 4) is 17.1 Å². The lowest BCUT2D eigenvalue weighted by Gasteiger charge is -2.44. The molecule has 2 fully saturated rings. The van der Waals surface area contributed by atoms with E-state index in [0.717, 1.165) is 48.4 Å². The number of nitrogens with zero attached hydrogens (tertiary/aromatic N) is 18. The van der Waals surface area contributed by atoms with E-state index in [1.807, 2.05) is 150 Å². The van der Waals surface area contributed by atoms with Gasteiger partial charge in [0, 0.05) is 50.3 Å². The molecule has 1 aromatic carbocycles. The van der Waals surface area contributed by atoms with Crippen molar-refractivity contribution in [3.05, 3.63) is 222 Å². The molecule has 0 aliphatic carbocycles. The van der Waals surface area contributed by atoms with E-state index >= 15 is 0 Å². The molecule has 143 heavy (non-hydrogen) atoms. The number of primary amides is 1. The van der Waals surface area contributed by atoms with E-state index in [4.69, 9.17) is 95.6 Å². The van der Waals surface area contributed by atoms with Crippen LogP contribution in [0.1, 0.15) is 294 Å². The topological polar surface area (TPSA) is 476 Å². The number of para-hydroxylation sites is 1. The number of imide groups is 1. The fourth-order valence-electron chi connectivity index (χ4n) is 14.3. The largest absolute Gasteiger partial charge is 0.569 e. The molecule has 36 nitrogen and oxygen atoms in total. The van der Waals surface area contributed by atoms with E-state index in [1.54, 1.807) is 28.3 Å². The number of rotatable bonds is 16. The molecule has 6 amide bonds. The van der Waals surface area contributed by atoms with Crippen LogP contribution in [-0.2, 0) is 9.47 Å². The summed E-state index contributed by atoms with van der Waals surface area (Å²) in [6.45, 7) is 52.9. The zero-order valence-electron chi connectivity index (χ0n) is 84.1. The van der Waals surface area contributed by atoms with Crippen LogP contribution in [-0.4, -0.2) is 193 Å². The average Bonchev–Trinajstić information content (AvgIpc) is 0.736. The molecule has 9 N–H and O–H groups in total. The van der Waals surface area contributed by atoms with Gasteiger partial charge in [0.1, 0.15) is 58.4 Å². The quantitative estimate of drug-likeness (QED) is 0.0268. The molecular weight excluding hydrogens is 1990 g/mol. The third kappa shape index (κ3) is 31.2. The Balaban J connectivity index is 0.000000239. The Labute approximate surface area is 855 Å². The molecule has 11 aromatic rings. The number of ether oxygens (including phenoxy) is 2. The first-order chi connectivity index (χ1) is 66.6.